The number of rotatable bonds is 4. The Hall–Kier alpha value is -1.40. The lowest BCUT2D eigenvalue weighted by atomic mass is 10.1. The first-order valence-corrected chi connectivity index (χ1v) is 6.15. The number of halogens is 1. The normalized spacial score (nSPS) is 13.2. The molecule has 0 bridgehead atoms. The van der Waals surface area contributed by atoms with Gasteiger partial charge in [0.15, 0.2) is 0 Å². The predicted octanol–water partition coefficient (Wildman–Crippen LogP) is 1.51. The lowest BCUT2D eigenvalue weighted by Crippen LogP contribution is -2.31. The van der Waals surface area contributed by atoms with Crippen LogP contribution in [-0.2, 0) is 0 Å². The number of hydrogen-bond donors (Lipinski definition) is 2. The fourth-order valence-electron chi connectivity index (χ4n) is 1.67. The van der Waals surface area contributed by atoms with Crippen LogP contribution in [0.3, 0.4) is 0 Å². The van der Waals surface area contributed by atoms with Gasteiger partial charge in [-0.3, -0.25) is 0 Å². The summed E-state index contributed by atoms with van der Waals surface area (Å²) in [4.78, 5) is 8.14. The summed E-state index contributed by atoms with van der Waals surface area (Å²) in [6.45, 7) is 5.95. The number of aromatic nitrogens is 4. The summed E-state index contributed by atoms with van der Waals surface area (Å²) >= 11 is 6.06. The van der Waals surface area contributed by atoms with Crippen molar-refractivity contribution in [2.24, 2.45) is 5.92 Å². The summed E-state index contributed by atoms with van der Waals surface area (Å²) in [6, 6.07) is -0.0745. The molecule has 98 valence electrons. The van der Waals surface area contributed by atoms with E-state index in [0.29, 0.717) is 10.9 Å². The summed E-state index contributed by atoms with van der Waals surface area (Å²) in [5.41, 5.74) is 0.786. The van der Waals surface area contributed by atoms with Gasteiger partial charge in [0.2, 0.25) is 0 Å². The first kappa shape index (κ1) is 13.0. The second kappa shape index (κ2) is 5.07. The Kier molecular flexibility index (Phi) is 3.68. The van der Waals surface area contributed by atoms with Gasteiger partial charge in [-0.1, -0.05) is 25.4 Å². The van der Waals surface area contributed by atoms with E-state index < -0.39 is 0 Å². The van der Waals surface area contributed by atoms with Gasteiger partial charge in [-0.05, 0) is 12.8 Å². The molecule has 0 amide bonds. The Labute approximate surface area is 110 Å². The Balaban J connectivity index is 2.48. The van der Waals surface area contributed by atoms with Gasteiger partial charge in [0.1, 0.15) is 17.3 Å². The Morgan fingerprint density at radius 2 is 2.22 bits per heavy atom. The molecule has 0 radical (unpaired) electrons. The molecule has 2 aromatic heterocycles. The molecular weight excluding hydrogens is 254 g/mol. The molecule has 0 saturated heterocycles. The number of aliphatic hydroxyl groups excluding tert-OH is 1. The Morgan fingerprint density at radius 3 is 2.83 bits per heavy atom. The van der Waals surface area contributed by atoms with Crippen LogP contribution in [0, 0.1) is 12.8 Å². The maximum atomic E-state index is 9.38. The van der Waals surface area contributed by atoms with Crippen molar-refractivity contribution in [2.75, 3.05) is 11.9 Å². The number of nitrogens with zero attached hydrogens (tertiary/aromatic N) is 4. The van der Waals surface area contributed by atoms with Crippen molar-refractivity contribution >= 4 is 23.2 Å². The van der Waals surface area contributed by atoms with Gasteiger partial charge in [-0.15, -0.1) is 0 Å². The number of anilines is 1. The lowest BCUT2D eigenvalue weighted by molar-refractivity contribution is 0.249. The van der Waals surface area contributed by atoms with Crippen LogP contribution in [0.25, 0.3) is 5.78 Å². The van der Waals surface area contributed by atoms with Gasteiger partial charge in [0, 0.05) is 5.56 Å². The van der Waals surface area contributed by atoms with Gasteiger partial charge < -0.3 is 10.4 Å². The predicted molar refractivity (Wildman–Crippen MR) is 69.9 cm³/mol. The molecular formula is C11H16ClN5O. The van der Waals surface area contributed by atoms with Crippen LogP contribution in [0.5, 0.6) is 0 Å². The monoisotopic (exact) mass is 269 g/mol. The topological polar surface area (TPSA) is 75.3 Å². The van der Waals surface area contributed by atoms with E-state index in [1.165, 1.54) is 6.33 Å². The number of hydrogen-bond acceptors (Lipinski definition) is 5. The van der Waals surface area contributed by atoms with Crippen LogP contribution in [0.4, 0.5) is 5.82 Å². The second-order valence-corrected chi connectivity index (χ2v) is 4.88. The van der Waals surface area contributed by atoms with Crippen molar-refractivity contribution in [2.45, 2.75) is 26.8 Å². The molecule has 1 unspecified atom stereocenters. The third-order valence-corrected chi connectivity index (χ3v) is 3.30. The summed E-state index contributed by atoms with van der Waals surface area (Å²) < 4.78 is 1.59. The van der Waals surface area contributed by atoms with E-state index in [0.717, 1.165) is 11.4 Å². The molecule has 0 aliphatic heterocycles. The molecule has 2 aromatic rings. The molecule has 2 rings (SSSR count). The highest BCUT2D eigenvalue weighted by molar-refractivity contribution is 6.30. The summed E-state index contributed by atoms with van der Waals surface area (Å²) in [5, 5.41) is 17.1. The zero-order valence-electron chi connectivity index (χ0n) is 10.6. The number of aliphatic hydroxyl groups is 1. The average Bonchev–Trinajstić information content (AvgIpc) is 2.77. The number of nitrogens with one attached hydrogen (secondary N) is 1. The summed E-state index contributed by atoms with van der Waals surface area (Å²) in [7, 11) is 0. The highest BCUT2D eigenvalue weighted by Crippen LogP contribution is 2.23. The van der Waals surface area contributed by atoms with Crippen molar-refractivity contribution in [1.82, 2.24) is 19.6 Å². The Morgan fingerprint density at radius 1 is 1.50 bits per heavy atom. The fraction of sp³-hybridized carbons (Fsp3) is 0.545. The molecule has 7 heteroatoms. The highest BCUT2D eigenvalue weighted by atomic mass is 35.5. The van der Waals surface area contributed by atoms with Crippen molar-refractivity contribution in [1.29, 1.82) is 0 Å². The zero-order valence-corrected chi connectivity index (χ0v) is 11.3. The zero-order chi connectivity index (χ0) is 13.3. The van der Waals surface area contributed by atoms with Gasteiger partial charge >= 0.3 is 0 Å². The first-order valence-electron chi connectivity index (χ1n) is 5.77. The maximum absolute atomic E-state index is 9.38. The fourth-order valence-corrected chi connectivity index (χ4v) is 1.83. The molecule has 2 heterocycles. The smallest absolute Gasteiger partial charge is 0.255 e. The molecule has 0 saturated carbocycles. The van der Waals surface area contributed by atoms with E-state index in [9.17, 15) is 5.11 Å². The third kappa shape index (κ3) is 2.26. The van der Waals surface area contributed by atoms with Crippen LogP contribution in [0.15, 0.2) is 6.33 Å². The summed E-state index contributed by atoms with van der Waals surface area (Å²) in [5.74, 6) is 1.43. The molecule has 2 N–H and O–H groups in total. The lowest BCUT2D eigenvalue weighted by Gasteiger charge is -2.22. The molecule has 0 aliphatic rings. The van der Waals surface area contributed by atoms with Crippen molar-refractivity contribution < 1.29 is 5.11 Å². The highest BCUT2D eigenvalue weighted by Gasteiger charge is 2.18. The van der Waals surface area contributed by atoms with E-state index >= 15 is 0 Å². The molecule has 0 aromatic carbocycles. The van der Waals surface area contributed by atoms with Gasteiger partial charge in [0.05, 0.1) is 12.6 Å². The average molecular weight is 270 g/mol. The van der Waals surface area contributed by atoms with E-state index in [1.807, 2.05) is 20.8 Å². The quantitative estimate of drug-likeness (QED) is 0.823. The van der Waals surface area contributed by atoms with E-state index in [4.69, 9.17) is 11.6 Å². The third-order valence-electron chi connectivity index (χ3n) is 2.93. The van der Waals surface area contributed by atoms with Gasteiger partial charge in [-0.25, -0.2) is 0 Å². The molecule has 6 nitrogen and oxygen atoms in total. The van der Waals surface area contributed by atoms with Crippen LogP contribution in [-0.4, -0.2) is 37.3 Å². The molecule has 0 spiro atoms. The Bertz CT molecular complexity index is 554. The minimum Gasteiger partial charge on any atom is -0.394 e. The SMILES string of the molecule is Cc1c(Cl)nc2ncnn2c1NC(CO)C(C)C. The second-order valence-electron chi connectivity index (χ2n) is 4.53. The van der Waals surface area contributed by atoms with Gasteiger partial charge in [-0.2, -0.15) is 19.6 Å². The largest absolute Gasteiger partial charge is 0.394 e. The number of fused-ring (bicyclic) bond motifs is 1. The summed E-state index contributed by atoms with van der Waals surface area (Å²) in [6.07, 6.45) is 1.42. The van der Waals surface area contributed by atoms with Crippen LogP contribution in [0.1, 0.15) is 19.4 Å². The van der Waals surface area contributed by atoms with Crippen LogP contribution < -0.4 is 5.32 Å². The van der Waals surface area contributed by atoms with Crippen molar-refractivity contribution in [3.05, 3.63) is 17.0 Å². The van der Waals surface area contributed by atoms with Crippen molar-refractivity contribution in [3.8, 4) is 0 Å². The molecule has 0 fully saturated rings. The minimum atomic E-state index is -0.0745. The molecule has 0 aliphatic carbocycles. The van der Waals surface area contributed by atoms with Crippen LogP contribution in [0.2, 0.25) is 5.15 Å². The van der Waals surface area contributed by atoms with E-state index in [2.05, 4.69) is 20.4 Å². The minimum absolute atomic E-state index is 0.0350. The van der Waals surface area contributed by atoms with Crippen molar-refractivity contribution in [3.63, 3.8) is 0 Å². The van der Waals surface area contributed by atoms with E-state index in [-0.39, 0.29) is 18.6 Å². The first-order chi connectivity index (χ1) is 8.54. The van der Waals surface area contributed by atoms with E-state index in [1.54, 1.807) is 4.52 Å². The molecule has 18 heavy (non-hydrogen) atoms. The standard InChI is InChI=1S/C11H16ClN5O/c1-6(2)8(4-18)15-10-7(3)9(12)16-11-13-5-14-17(10)11/h5-6,8,15,18H,4H2,1-3H3. The molecule has 1 atom stereocenters. The maximum Gasteiger partial charge on any atom is 0.255 e. The van der Waals surface area contributed by atoms with Crippen LogP contribution >= 0.6 is 11.6 Å². The van der Waals surface area contributed by atoms with Gasteiger partial charge in [0.25, 0.3) is 5.78 Å².